The van der Waals surface area contributed by atoms with Gasteiger partial charge in [-0.15, -0.1) is 10.2 Å². The molecule has 36 heavy (non-hydrogen) atoms. The molecule has 1 aliphatic rings. The fourth-order valence-electron chi connectivity index (χ4n) is 4.54. The number of pyridine rings is 2. The number of aromatic nitrogens is 4. The molecule has 3 unspecified atom stereocenters. The lowest BCUT2D eigenvalue weighted by molar-refractivity contribution is -0.183. The fraction of sp³-hybridized carbons (Fsp3) is 0.375. The van der Waals surface area contributed by atoms with Gasteiger partial charge in [0, 0.05) is 36.8 Å². The SMILES string of the molecule is CC(CO)Oc1cc(F)cc2ccc(-c3nnc4ccc(C(N5CCC(N)C5)C(F)(F)F)cn34)nc12. The molecule has 4 aromatic rings. The molecular formula is C24H24F4N6O2. The molecule has 0 aliphatic carbocycles. The van der Waals surface area contributed by atoms with Crippen LogP contribution < -0.4 is 10.5 Å². The van der Waals surface area contributed by atoms with E-state index in [1.54, 1.807) is 19.1 Å². The highest BCUT2D eigenvalue weighted by Gasteiger charge is 2.46. The van der Waals surface area contributed by atoms with Crippen LogP contribution in [0.3, 0.4) is 0 Å². The molecule has 3 atom stereocenters. The number of nitrogens with two attached hydrogens (primary N) is 1. The standard InChI is InChI=1S/C24H24F4N6O2/c1-13(12-35)36-19-9-16(25)8-14-2-4-18(30-21(14)19)23-32-31-20-5-3-15(10-34(20)23)22(24(26,27)28)33-7-6-17(29)11-33/h2-5,8-10,13,17,22,35H,6-7,11-12,29H2,1H3. The van der Waals surface area contributed by atoms with Crippen molar-refractivity contribution in [3.63, 3.8) is 0 Å². The lowest BCUT2D eigenvalue weighted by atomic mass is 10.1. The maximum Gasteiger partial charge on any atom is 0.408 e. The Morgan fingerprint density at radius 2 is 2.00 bits per heavy atom. The second-order valence-electron chi connectivity index (χ2n) is 8.99. The van der Waals surface area contributed by atoms with E-state index in [2.05, 4.69) is 15.2 Å². The van der Waals surface area contributed by atoms with Crippen molar-refractivity contribution in [3.8, 4) is 17.3 Å². The topological polar surface area (TPSA) is 102 Å². The third-order valence-corrected chi connectivity index (χ3v) is 6.21. The Labute approximate surface area is 203 Å². The van der Waals surface area contributed by atoms with Crippen molar-refractivity contribution in [2.24, 2.45) is 5.73 Å². The van der Waals surface area contributed by atoms with Crippen LogP contribution in [0.25, 0.3) is 28.1 Å². The van der Waals surface area contributed by atoms with Crippen molar-refractivity contribution < 1.29 is 27.4 Å². The van der Waals surface area contributed by atoms with Gasteiger partial charge in [0.15, 0.2) is 11.5 Å². The van der Waals surface area contributed by atoms with Gasteiger partial charge in [0.05, 0.1) is 6.61 Å². The second kappa shape index (κ2) is 9.26. The van der Waals surface area contributed by atoms with Gasteiger partial charge in [0.1, 0.15) is 34.9 Å². The maximum atomic E-state index is 14.1. The van der Waals surface area contributed by atoms with E-state index in [0.717, 1.165) is 0 Å². The van der Waals surface area contributed by atoms with E-state index < -0.39 is 24.1 Å². The molecule has 1 aliphatic heterocycles. The predicted molar refractivity (Wildman–Crippen MR) is 124 cm³/mol. The molecule has 4 heterocycles. The summed E-state index contributed by atoms with van der Waals surface area (Å²) in [5.41, 5.74) is 6.89. The summed E-state index contributed by atoms with van der Waals surface area (Å²) in [6.07, 6.45) is -3.25. The number of fused-ring (bicyclic) bond motifs is 2. The van der Waals surface area contributed by atoms with Gasteiger partial charge in [0.2, 0.25) is 0 Å². The smallest absolute Gasteiger partial charge is 0.408 e. The number of nitrogens with zero attached hydrogens (tertiary/aromatic N) is 5. The molecule has 3 N–H and O–H groups in total. The van der Waals surface area contributed by atoms with Crippen LogP contribution in [0.1, 0.15) is 24.9 Å². The zero-order valence-corrected chi connectivity index (χ0v) is 19.3. The number of halogens is 4. The van der Waals surface area contributed by atoms with Gasteiger partial charge >= 0.3 is 6.18 Å². The van der Waals surface area contributed by atoms with Crippen LogP contribution in [0, 0.1) is 5.82 Å². The van der Waals surface area contributed by atoms with Crippen LogP contribution >= 0.6 is 0 Å². The van der Waals surface area contributed by atoms with Crippen molar-refractivity contribution in [3.05, 3.63) is 54.0 Å². The van der Waals surface area contributed by atoms with Crippen LogP contribution in [0.15, 0.2) is 42.6 Å². The average molecular weight is 504 g/mol. The molecular weight excluding hydrogens is 480 g/mol. The molecule has 0 bridgehead atoms. The van der Waals surface area contributed by atoms with Crippen molar-refractivity contribution >= 4 is 16.6 Å². The van der Waals surface area contributed by atoms with Gasteiger partial charge in [-0.05, 0) is 37.1 Å². The Morgan fingerprint density at radius 1 is 1.19 bits per heavy atom. The monoisotopic (exact) mass is 504 g/mol. The summed E-state index contributed by atoms with van der Waals surface area (Å²) in [5.74, 6) is -0.182. The first kappa shape index (κ1) is 24.3. The van der Waals surface area contributed by atoms with Crippen LogP contribution in [0.5, 0.6) is 5.75 Å². The fourth-order valence-corrected chi connectivity index (χ4v) is 4.54. The summed E-state index contributed by atoms with van der Waals surface area (Å²) in [6, 6.07) is 6.41. The lowest BCUT2D eigenvalue weighted by Crippen LogP contribution is -2.38. The molecule has 5 rings (SSSR count). The molecule has 1 saturated heterocycles. The first-order chi connectivity index (χ1) is 17.1. The number of aliphatic hydroxyl groups excluding tert-OH is 1. The predicted octanol–water partition coefficient (Wildman–Crippen LogP) is 3.48. The van der Waals surface area contributed by atoms with E-state index in [1.165, 1.54) is 39.8 Å². The Balaban J connectivity index is 1.60. The number of hydrogen-bond donors (Lipinski definition) is 2. The molecule has 190 valence electrons. The highest BCUT2D eigenvalue weighted by atomic mass is 19.4. The Kier molecular flexibility index (Phi) is 6.27. The zero-order valence-electron chi connectivity index (χ0n) is 19.3. The Hall–Kier alpha value is -3.35. The van der Waals surface area contributed by atoms with Gasteiger partial charge < -0.3 is 15.6 Å². The number of ether oxygens (including phenoxy) is 1. The van der Waals surface area contributed by atoms with Crippen molar-refractivity contribution in [1.29, 1.82) is 0 Å². The van der Waals surface area contributed by atoms with Gasteiger partial charge in [0.25, 0.3) is 0 Å². The quantitative estimate of drug-likeness (QED) is 0.388. The van der Waals surface area contributed by atoms with E-state index in [9.17, 15) is 22.7 Å². The van der Waals surface area contributed by atoms with Crippen LogP contribution in [0.4, 0.5) is 17.6 Å². The van der Waals surface area contributed by atoms with Crippen LogP contribution in [0.2, 0.25) is 0 Å². The molecule has 1 aromatic carbocycles. The van der Waals surface area contributed by atoms with Crippen LogP contribution in [-0.4, -0.2) is 67.6 Å². The minimum atomic E-state index is -4.51. The molecule has 0 amide bonds. The van der Waals surface area contributed by atoms with Gasteiger partial charge in [-0.1, -0.05) is 12.1 Å². The minimum absolute atomic E-state index is 0.0359. The summed E-state index contributed by atoms with van der Waals surface area (Å²) in [7, 11) is 0. The van der Waals surface area contributed by atoms with E-state index in [1.807, 2.05) is 0 Å². The van der Waals surface area contributed by atoms with E-state index >= 15 is 0 Å². The molecule has 12 heteroatoms. The average Bonchev–Trinajstić information content (AvgIpc) is 3.44. The van der Waals surface area contributed by atoms with Crippen molar-refractivity contribution in [1.82, 2.24) is 24.5 Å². The third-order valence-electron chi connectivity index (χ3n) is 6.21. The maximum absolute atomic E-state index is 14.1. The highest BCUT2D eigenvalue weighted by Crippen LogP contribution is 2.39. The summed E-state index contributed by atoms with van der Waals surface area (Å²) in [4.78, 5) is 5.90. The number of alkyl halides is 3. The van der Waals surface area contributed by atoms with E-state index in [0.29, 0.717) is 28.7 Å². The summed E-state index contributed by atoms with van der Waals surface area (Å²) < 4.78 is 63.6. The largest absolute Gasteiger partial charge is 0.486 e. The number of benzene rings is 1. The first-order valence-corrected chi connectivity index (χ1v) is 11.4. The molecule has 1 fully saturated rings. The third kappa shape index (κ3) is 4.59. The van der Waals surface area contributed by atoms with E-state index in [4.69, 9.17) is 10.5 Å². The molecule has 8 nitrogen and oxygen atoms in total. The number of likely N-dealkylation sites (tertiary alicyclic amines) is 1. The molecule has 0 radical (unpaired) electrons. The van der Waals surface area contributed by atoms with Crippen molar-refractivity contribution in [2.45, 2.75) is 37.7 Å². The number of hydrogen-bond acceptors (Lipinski definition) is 7. The number of aliphatic hydroxyl groups is 1. The van der Waals surface area contributed by atoms with Crippen molar-refractivity contribution in [2.75, 3.05) is 19.7 Å². The van der Waals surface area contributed by atoms with E-state index in [-0.39, 0.29) is 42.9 Å². The van der Waals surface area contributed by atoms with Gasteiger partial charge in [-0.25, -0.2) is 9.37 Å². The Morgan fingerprint density at radius 3 is 2.69 bits per heavy atom. The molecule has 0 spiro atoms. The lowest BCUT2D eigenvalue weighted by Gasteiger charge is -2.30. The van der Waals surface area contributed by atoms with Crippen LogP contribution in [-0.2, 0) is 0 Å². The second-order valence-corrected chi connectivity index (χ2v) is 8.99. The summed E-state index contributed by atoms with van der Waals surface area (Å²) in [6.45, 7) is 1.74. The minimum Gasteiger partial charge on any atom is -0.486 e. The van der Waals surface area contributed by atoms with Gasteiger partial charge in [-0.2, -0.15) is 13.2 Å². The molecule has 3 aromatic heterocycles. The highest BCUT2D eigenvalue weighted by molar-refractivity contribution is 5.86. The van der Waals surface area contributed by atoms with Gasteiger partial charge in [-0.3, -0.25) is 9.30 Å². The Bertz CT molecular complexity index is 1410. The normalized spacial score (nSPS) is 18.7. The molecule has 0 saturated carbocycles. The first-order valence-electron chi connectivity index (χ1n) is 11.4. The zero-order chi connectivity index (χ0) is 25.6. The summed E-state index contributed by atoms with van der Waals surface area (Å²) >= 11 is 0. The summed E-state index contributed by atoms with van der Waals surface area (Å²) in [5, 5.41) is 18.0. The number of rotatable bonds is 6.